The van der Waals surface area contributed by atoms with Crippen LogP contribution in [0.25, 0.3) is 11.5 Å². The van der Waals surface area contributed by atoms with E-state index >= 15 is 0 Å². The second-order valence-corrected chi connectivity index (χ2v) is 5.18. The first-order valence-electron chi connectivity index (χ1n) is 5.67. The smallest absolute Gasteiger partial charge is 0.177 e. The van der Waals surface area contributed by atoms with Crippen LogP contribution in [0.15, 0.2) is 5.38 Å². The minimum absolute atomic E-state index is 0.331. The maximum absolute atomic E-state index is 5.52. The van der Waals surface area contributed by atoms with Gasteiger partial charge < -0.3 is 5.73 Å². The lowest BCUT2D eigenvalue weighted by atomic mass is 10.2. The largest absolute Gasteiger partial charge is 0.330 e. The second-order valence-electron chi connectivity index (χ2n) is 4.24. The molecule has 0 spiro atoms. The van der Waals surface area contributed by atoms with Crippen molar-refractivity contribution in [3.8, 4) is 11.5 Å². The van der Waals surface area contributed by atoms with Gasteiger partial charge in [-0.15, -0.1) is 11.3 Å². The molecule has 6 heteroatoms. The fraction of sp³-hybridized carbons (Fsp3) is 0.545. The summed E-state index contributed by atoms with van der Waals surface area (Å²) in [5, 5.41) is 7.45. The molecule has 2 aromatic heterocycles. The number of hydrogen-bond acceptors (Lipinski definition) is 5. The van der Waals surface area contributed by atoms with E-state index < -0.39 is 0 Å². The molecule has 5 nitrogen and oxygen atoms in total. The van der Waals surface area contributed by atoms with Gasteiger partial charge in [0.25, 0.3) is 0 Å². The van der Waals surface area contributed by atoms with Crippen LogP contribution in [0.3, 0.4) is 0 Å². The SMILES string of the molecule is CC(C)c1nc(-c2csc(CCN)n2)n(C)n1. The van der Waals surface area contributed by atoms with Crippen molar-refractivity contribution in [2.24, 2.45) is 12.8 Å². The van der Waals surface area contributed by atoms with Crippen LogP contribution in [0.1, 0.15) is 30.6 Å². The number of hydrogen-bond donors (Lipinski definition) is 1. The molecule has 0 fully saturated rings. The van der Waals surface area contributed by atoms with Crippen LogP contribution in [0.5, 0.6) is 0 Å². The molecule has 0 amide bonds. The molecule has 0 saturated carbocycles. The van der Waals surface area contributed by atoms with Gasteiger partial charge in [0, 0.05) is 24.8 Å². The standard InChI is InChI=1S/C11H17N5S/c1-7(2)10-14-11(16(3)15-10)8-6-17-9(13-8)4-5-12/h6-7H,4-5,12H2,1-3H3. The summed E-state index contributed by atoms with van der Waals surface area (Å²) in [6, 6.07) is 0. The van der Waals surface area contributed by atoms with Gasteiger partial charge in [0.1, 0.15) is 5.69 Å². The summed E-state index contributed by atoms with van der Waals surface area (Å²) in [6.07, 6.45) is 0.819. The predicted molar refractivity (Wildman–Crippen MR) is 69.0 cm³/mol. The molecule has 2 N–H and O–H groups in total. The van der Waals surface area contributed by atoms with Crippen molar-refractivity contribution in [3.05, 3.63) is 16.2 Å². The Morgan fingerprint density at radius 3 is 2.76 bits per heavy atom. The summed E-state index contributed by atoms with van der Waals surface area (Å²) >= 11 is 1.62. The lowest BCUT2D eigenvalue weighted by Gasteiger charge is -1.93. The van der Waals surface area contributed by atoms with Crippen molar-refractivity contribution in [1.29, 1.82) is 0 Å². The fourth-order valence-electron chi connectivity index (χ4n) is 1.52. The number of nitrogens with zero attached hydrogens (tertiary/aromatic N) is 4. The first-order chi connectivity index (χ1) is 8.11. The third kappa shape index (κ3) is 2.53. The zero-order valence-corrected chi connectivity index (χ0v) is 11.2. The Bertz CT molecular complexity index is 500. The Labute approximate surface area is 105 Å². The summed E-state index contributed by atoms with van der Waals surface area (Å²) in [4.78, 5) is 9.04. The molecule has 0 atom stereocenters. The van der Waals surface area contributed by atoms with Gasteiger partial charge in [-0.05, 0) is 6.54 Å². The van der Waals surface area contributed by atoms with Gasteiger partial charge in [-0.1, -0.05) is 13.8 Å². The Kier molecular flexibility index (Phi) is 3.54. The van der Waals surface area contributed by atoms with Crippen LogP contribution in [0.4, 0.5) is 0 Å². The number of aryl methyl sites for hydroxylation is 1. The summed E-state index contributed by atoms with van der Waals surface area (Å²) in [7, 11) is 1.90. The number of aromatic nitrogens is 4. The van der Waals surface area contributed by atoms with Crippen molar-refractivity contribution in [1.82, 2.24) is 19.7 Å². The highest BCUT2D eigenvalue weighted by Gasteiger charge is 2.14. The van der Waals surface area contributed by atoms with Crippen LogP contribution in [-0.2, 0) is 13.5 Å². The Morgan fingerprint density at radius 2 is 2.18 bits per heavy atom. The van der Waals surface area contributed by atoms with E-state index in [9.17, 15) is 0 Å². The molecule has 2 rings (SSSR count). The van der Waals surface area contributed by atoms with E-state index in [1.807, 2.05) is 12.4 Å². The first-order valence-corrected chi connectivity index (χ1v) is 6.55. The molecule has 0 radical (unpaired) electrons. The first kappa shape index (κ1) is 12.2. The molecule has 2 aromatic rings. The van der Waals surface area contributed by atoms with Gasteiger partial charge in [0.05, 0.1) is 5.01 Å². The molecule has 0 aliphatic heterocycles. The van der Waals surface area contributed by atoms with Crippen LogP contribution < -0.4 is 5.73 Å². The molecule has 0 saturated heterocycles. The van der Waals surface area contributed by atoms with E-state index in [1.165, 1.54) is 0 Å². The lowest BCUT2D eigenvalue weighted by molar-refractivity contribution is 0.711. The molecule has 0 unspecified atom stereocenters. The third-order valence-electron chi connectivity index (χ3n) is 2.43. The van der Waals surface area contributed by atoms with E-state index in [2.05, 4.69) is 28.9 Å². The molecule has 0 aliphatic rings. The second kappa shape index (κ2) is 4.93. The van der Waals surface area contributed by atoms with Gasteiger partial charge in [0.2, 0.25) is 0 Å². The highest BCUT2D eigenvalue weighted by molar-refractivity contribution is 7.09. The van der Waals surface area contributed by atoms with Gasteiger partial charge in [-0.3, -0.25) is 0 Å². The zero-order chi connectivity index (χ0) is 12.4. The van der Waals surface area contributed by atoms with Crippen molar-refractivity contribution in [2.75, 3.05) is 6.54 Å². The van der Waals surface area contributed by atoms with E-state index in [-0.39, 0.29) is 0 Å². The number of nitrogens with two attached hydrogens (primary N) is 1. The van der Waals surface area contributed by atoms with Crippen molar-refractivity contribution >= 4 is 11.3 Å². The average Bonchev–Trinajstić information content (AvgIpc) is 2.85. The zero-order valence-electron chi connectivity index (χ0n) is 10.3. The highest BCUT2D eigenvalue weighted by atomic mass is 32.1. The number of thiazole rings is 1. The van der Waals surface area contributed by atoms with E-state index in [1.54, 1.807) is 16.0 Å². The topological polar surface area (TPSA) is 69.6 Å². The van der Waals surface area contributed by atoms with Gasteiger partial charge in [-0.25, -0.2) is 14.6 Å². The summed E-state index contributed by atoms with van der Waals surface area (Å²) in [6.45, 7) is 4.79. The molecule has 92 valence electrons. The van der Waals surface area contributed by atoms with Crippen molar-refractivity contribution in [2.45, 2.75) is 26.2 Å². The molecular weight excluding hydrogens is 234 g/mol. The number of rotatable bonds is 4. The average molecular weight is 251 g/mol. The normalized spacial score (nSPS) is 11.4. The molecule has 0 aliphatic carbocycles. The maximum Gasteiger partial charge on any atom is 0.177 e. The predicted octanol–water partition coefficient (Wildman–Crippen LogP) is 1.56. The van der Waals surface area contributed by atoms with Gasteiger partial charge in [-0.2, -0.15) is 5.10 Å². The highest BCUT2D eigenvalue weighted by Crippen LogP contribution is 2.21. The van der Waals surface area contributed by atoms with E-state index in [0.717, 1.165) is 28.8 Å². The summed E-state index contributed by atoms with van der Waals surface area (Å²) in [5.74, 6) is 2.01. The monoisotopic (exact) mass is 251 g/mol. The molecular formula is C11H17N5S. The van der Waals surface area contributed by atoms with Crippen LogP contribution in [0.2, 0.25) is 0 Å². The quantitative estimate of drug-likeness (QED) is 0.895. The summed E-state index contributed by atoms with van der Waals surface area (Å²) in [5.41, 5.74) is 6.40. The van der Waals surface area contributed by atoms with E-state index in [4.69, 9.17) is 5.73 Å². The Balaban J connectivity index is 2.31. The fourth-order valence-corrected chi connectivity index (χ4v) is 2.32. The minimum atomic E-state index is 0.331. The van der Waals surface area contributed by atoms with Gasteiger partial charge in [0.15, 0.2) is 11.6 Å². The molecule has 2 heterocycles. The molecule has 0 bridgehead atoms. The van der Waals surface area contributed by atoms with Crippen molar-refractivity contribution < 1.29 is 0 Å². The minimum Gasteiger partial charge on any atom is -0.330 e. The lowest BCUT2D eigenvalue weighted by Crippen LogP contribution is -2.02. The van der Waals surface area contributed by atoms with Gasteiger partial charge >= 0.3 is 0 Å². The Morgan fingerprint density at radius 1 is 1.41 bits per heavy atom. The maximum atomic E-state index is 5.52. The summed E-state index contributed by atoms with van der Waals surface area (Å²) < 4.78 is 1.79. The van der Waals surface area contributed by atoms with E-state index in [0.29, 0.717) is 12.5 Å². The molecule has 0 aromatic carbocycles. The Hall–Kier alpha value is -1.27. The van der Waals surface area contributed by atoms with Crippen LogP contribution >= 0.6 is 11.3 Å². The van der Waals surface area contributed by atoms with Crippen molar-refractivity contribution in [3.63, 3.8) is 0 Å². The molecule has 17 heavy (non-hydrogen) atoms. The van der Waals surface area contributed by atoms with Crippen LogP contribution in [-0.4, -0.2) is 26.3 Å². The van der Waals surface area contributed by atoms with Crippen LogP contribution in [0, 0.1) is 0 Å². The third-order valence-corrected chi connectivity index (χ3v) is 3.34.